The van der Waals surface area contributed by atoms with Gasteiger partial charge in [0.1, 0.15) is 5.82 Å². The number of carbonyl (C=O) groups excluding carboxylic acids is 1. The van der Waals surface area contributed by atoms with Crippen LogP contribution in [0.1, 0.15) is 18.4 Å². The van der Waals surface area contributed by atoms with Crippen molar-refractivity contribution in [3.8, 4) is 0 Å². The van der Waals surface area contributed by atoms with Crippen LogP contribution in [0.25, 0.3) is 0 Å². The molecule has 1 unspecified atom stereocenters. The monoisotopic (exact) mass is 376 g/mol. The van der Waals surface area contributed by atoms with Crippen LogP contribution in [-0.2, 0) is 16.1 Å². The summed E-state index contributed by atoms with van der Waals surface area (Å²) in [6.45, 7) is 5.84. The highest BCUT2D eigenvalue weighted by molar-refractivity contribution is 5.85. The average molecular weight is 377 g/mol. The summed E-state index contributed by atoms with van der Waals surface area (Å²) in [7, 11) is 0. The lowest BCUT2D eigenvalue weighted by molar-refractivity contribution is -0.122. The molecule has 0 radical (unpaired) electrons. The van der Waals surface area contributed by atoms with E-state index >= 15 is 0 Å². The lowest BCUT2D eigenvalue weighted by Gasteiger charge is -2.27. The molecule has 2 N–H and O–H groups in total. The summed E-state index contributed by atoms with van der Waals surface area (Å²) in [5.41, 5.74) is 1.04. The minimum atomic E-state index is 0. The van der Waals surface area contributed by atoms with Crippen molar-refractivity contribution in [1.29, 1.82) is 0 Å². The van der Waals surface area contributed by atoms with Gasteiger partial charge in [0, 0.05) is 32.3 Å². The van der Waals surface area contributed by atoms with Gasteiger partial charge in [-0.15, -0.1) is 24.8 Å². The van der Waals surface area contributed by atoms with Gasteiger partial charge in [-0.1, -0.05) is 6.07 Å². The minimum absolute atomic E-state index is 0. The topological polar surface area (TPSA) is 66.5 Å². The van der Waals surface area contributed by atoms with E-state index in [1.54, 1.807) is 0 Å². The molecule has 3 heterocycles. The van der Waals surface area contributed by atoms with Crippen LogP contribution < -0.4 is 15.5 Å². The average Bonchev–Trinajstić information content (AvgIpc) is 3.07. The highest BCUT2D eigenvalue weighted by Crippen LogP contribution is 2.14. The largest absolute Gasteiger partial charge is 0.378 e. The lowest BCUT2D eigenvalue weighted by Crippen LogP contribution is -2.36. The molecule has 3 rings (SSSR count). The third kappa shape index (κ3) is 6.09. The van der Waals surface area contributed by atoms with Crippen molar-refractivity contribution in [1.82, 2.24) is 15.6 Å². The van der Waals surface area contributed by atoms with Crippen molar-refractivity contribution in [2.75, 3.05) is 44.3 Å². The van der Waals surface area contributed by atoms with Crippen LogP contribution in [0.3, 0.4) is 0 Å². The summed E-state index contributed by atoms with van der Waals surface area (Å²) < 4.78 is 5.34. The number of morpholine rings is 1. The van der Waals surface area contributed by atoms with Gasteiger partial charge in [0.05, 0.1) is 13.2 Å². The summed E-state index contributed by atoms with van der Waals surface area (Å²) in [5.74, 6) is 1.60. The van der Waals surface area contributed by atoms with E-state index in [0.29, 0.717) is 18.9 Å². The first-order valence-electron chi connectivity index (χ1n) is 8.06. The maximum atomic E-state index is 11.9. The second kappa shape index (κ2) is 10.7. The van der Waals surface area contributed by atoms with Crippen molar-refractivity contribution in [3.05, 3.63) is 23.9 Å². The summed E-state index contributed by atoms with van der Waals surface area (Å²) in [5, 5.41) is 6.27. The number of nitrogens with zero attached hydrogens (tertiary/aromatic N) is 2. The number of anilines is 1. The third-order valence-corrected chi connectivity index (χ3v) is 4.27. The molecule has 1 amide bonds. The summed E-state index contributed by atoms with van der Waals surface area (Å²) in [6, 6.07) is 4.06. The first-order valence-corrected chi connectivity index (χ1v) is 8.06. The summed E-state index contributed by atoms with van der Waals surface area (Å²) in [6.07, 6.45) is 3.57. The van der Waals surface area contributed by atoms with E-state index in [1.807, 2.05) is 18.3 Å². The fourth-order valence-electron chi connectivity index (χ4n) is 2.92. The van der Waals surface area contributed by atoms with Crippen LogP contribution >= 0.6 is 24.8 Å². The molecule has 24 heavy (non-hydrogen) atoms. The van der Waals surface area contributed by atoms with Crippen molar-refractivity contribution in [2.45, 2.75) is 19.4 Å². The van der Waals surface area contributed by atoms with Gasteiger partial charge in [-0.2, -0.15) is 0 Å². The van der Waals surface area contributed by atoms with Gasteiger partial charge in [-0.3, -0.25) is 4.79 Å². The first-order chi connectivity index (χ1) is 10.8. The number of hydrogen-bond acceptors (Lipinski definition) is 5. The number of aromatic nitrogens is 1. The molecule has 1 aromatic rings. The van der Waals surface area contributed by atoms with Gasteiger partial charge in [-0.25, -0.2) is 4.98 Å². The van der Waals surface area contributed by atoms with Gasteiger partial charge in [-0.05, 0) is 37.1 Å². The number of nitrogens with one attached hydrogen (secondary N) is 2. The van der Waals surface area contributed by atoms with E-state index in [4.69, 9.17) is 4.74 Å². The SMILES string of the molecule is Cl.Cl.O=C(CC1CCNC1)NCc1ccc(N2CCOCC2)nc1. The zero-order chi connectivity index (χ0) is 15.2. The molecular formula is C16H26Cl2N4O2. The molecule has 0 spiro atoms. The van der Waals surface area contributed by atoms with Gasteiger partial charge in [0.2, 0.25) is 5.91 Å². The van der Waals surface area contributed by atoms with Gasteiger partial charge in [0.25, 0.3) is 0 Å². The molecule has 0 saturated carbocycles. The number of carbonyl (C=O) groups is 1. The molecule has 2 fully saturated rings. The van der Waals surface area contributed by atoms with E-state index in [9.17, 15) is 4.79 Å². The van der Waals surface area contributed by atoms with Crippen LogP contribution in [0, 0.1) is 5.92 Å². The summed E-state index contributed by atoms with van der Waals surface area (Å²) >= 11 is 0. The Morgan fingerprint density at radius 2 is 2.12 bits per heavy atom. The van der Waals surface area contributed by atoms with E-state index in [0.717, 1.165) is 57.2 Å². The van der Waals surface area contributed by atoms with Crippen molar-refractivity contribution in [2.24, 2.45) is 5.92 Å². The predicted molar refractivity (Wildman–Crippen MR) is 99.2 cm³/mol. The smallest absolute Gasteiger partial charge is 0.220 e. The zero-order valence-electron chi connectivity index (χ0n) is 13.7. The number of hydrogen-bond donors (Lipinski definition) is 2. The normalized spacial score (nSPS) is 20.0. The highest BCUT2D eigenvalue weighted by Gasteiger charge is 2.17. The van der Waals surface area contributed by atoms with Crippen LogP contribution in [0.2, 0.25) is 0 Å². The van der Waals surface area contributed by atoms with E-state index in [1.165, 1.54) is 0 Å². The molecule has 136 valence electrons. The van der Waals surface area contributed by atoms with Crippen molar-refractivity contribution in [3.63, 3.8) is 0 Å². The third-order valence-electron chi connectivity index (χ3n) is 4.27. The quantitative estimate of drug-likeness (QED) is 0.812. The standard InChI is InChI=1S/C16H24N4O2.2ClH/c21-16(9-13-3-4-17-10-13)19-12-14-1-2-15(18-11-14)20-5-7-22-8-6-20;;/h1-2,11,13,17H,3-10,12H2,(H,19,21);2*1H. The maximum Gasteiger partial charge on any atom is 0.220 e. The fraction of sp³-hybridized carbons (Fsp3) is 0.625. The molecule has 0 aromatic carbocycles. The van der Waals surface area contributed by atoms with Gasteiger partial charge in [0.15, 0.2) is 0 Å². The van der Waals surface area contributed by atoms with Gasteiger partial charge < -0.3 is 20.3 Å². The molecule has 2 aliphatic rings. The Morgan fingerprint density at radius 1 is 1.33 bits per heavy atom. The number of pyridine rings is 1. The van der Waals surface area contributed by atoms with Crippen LogP contribution in [-0.4, -0.2) is 50.3 Å². The lowest BCUT2D eigenvalue weighted by atomic mass is 10.0. The van der Waals surface area contributed by atoms with Crippen LogP contribution in [0.15, 0.2) is 18.3 Å². The van der Waals surface area contributed by atoms with Crippen molar-refractivity contribution >= 4 is 36.5 Å². The molecule has 6 nitrogen and oxygen atoms in total. The Labute approximate surface area is 155 Å². The molecule has 0 aliphatic carbocycles. The Balaban J connectivity index is 0.00000144. The molecule has 2 aliphatic heterocycles. The van der Waals surface area contributed by atoms with E-state index < -0.39 is 0 Å². The van der Waals surface area contributed by atoms with Crippen molar-refractivity contribution < 1.29 is 9.53 Å². The second-order valence-corrected chi connectivity index (χ2v) is 5.96. The Bertz CT molecular complexity index is 489. The van der Waals surface area contributed by atoms with Crippen LogP contribution in [0.5, 0.6) is 0 Å². The van der Waals surface area contributed by atoms with E-state index in [2.05, 4.69) is 20.5 Å². The zero-order valence-corrected chi connectivity index (χ0v) is 15.3. The Kier molecular flexibility index (Phi) is 9.36. The number of amides is 1. The molecule has 8 heteroatoms. The van der Waals surface area contributed by atoms with E-state index in [-0.39, 0.29) is 30.7 Å². The number of ether oxygens (including phenoxy) is 1. The molecule has 2 saturated heterocycles. The molecule has 1 atom stereocenters. The molecule has 0 bridgehead atoms. The van der Waals surface area contributed by atoms with Crippen LogP contribution in [0.4, 0.5) is 5.82 Å². The summed E-state index contributed by atoms with van der Waals surface area (Å²) in [4.78, 5) is 18.6. The Morgan fingerprint density at radius 3 is 2.75 bits per heavy atom. The first kappa shape index (κ1) is 21.0. The second-order valence-electron chi connectivity index (χ2n) is 5.96. The minimum Gasteiger partial charge on any atom is -0.378 e. The predicted octanol–water partition coefficient (Wildman–Crippen LogP) is 1.38. The van der Waals surface area contributed by atoms with Gasteiger partial charge >= 0.3 is 0 Å². The Hall–Kier alpha value is -1.08. The fourth-order valence-corrected chi connectivity index (χ4v) is 2.92. The maximum absolute atomic E-state index is 11.9. The number of halogens is 2. The highest BCUT2D eigenvalue weighted by atomic mass is 35.5. The number of rotatable bonds is 5. The molecule has 1 aromatic heterocycles. The molecular weight excluding hydrogens is 351 g/mol.